The molecule has 0 saturated carbocycles. The number of carbonyl (C=O) groups is 3. The van der Waals surface area contributed by atoms with Gasteiger partial charge in [-0.15, -0.1) is 0 Å². The Balaban J connectivity index is 1.45. The molecule has 0 radical (unpaired) electrons. The van der Waals surface area contributed by atoms with Gasteiger partial charge in [0.25, 0.3) is 5.91 Å². The molecule has 8 nitrogen and oxygen atoms in total. The van der Waals surface area contributed by atoms with E-state index >= 15 is 0 Å². The van der Waals surface area contributed by atoms with Gasteiger partial charge in [-0.3, -0.25) is 9.59 Å². The third kappa shape index (κ3) is 4.50. The Morgan fingerprint density at radius 3 is 2.26 bits per heavy atom. The summed E-state index contributed by atoms with van der Waals surface area (Å²) in [7, 11) is 0. The number of halogens is 3. The Kier molecular flexibility index (Phi) is 6.11. The SMILES string of the molecule is O=C(Nc1ccccc1C(F)(F)F)Nc1cccc(C(=O)N2CCC3(CCNC3=O)CC2)c1O. The van der Waals surface area contributed by atoms with Gasteiger partial charge in [0.2, 0.25) is 5.91 Å². The minimum absolute atomic E-state index is 0.00625. The number of para-hydroxylation sites is 2. The van der Waals surface area contributed by atoms with Crippen molar-refractivity contribution in [3.05, 3.63) is 53.6 Å². The number of hydrogen-bond acceptors (Lipinski definition) is 4. The quantitative estimate of drug-likeness (QED) is 0.505. The highest BCUT2D eigenvalue weighted by Crippen LogP contribution is 2.39. The summed E-state index contributed by atoms with van der Waals surface area (Å²) in [5, 5.41) is 17.8. The fourth-order valence-electron chi connectivity index (χ4n) is 4.43. The standard InChI is InChI=1S/C23H23F3N4O4/c24-23(25,26)15-5-1-2-6-16(15)28-21(34)29-17-7-3-4-14(18(17)31)19(32)30-12-9-22(10-13-30)8-11-27-20(22)33/h1-7,31H,8-13H2,(H,27,33)(H2,28,29,34). The molecule has 2 saturated heterocycles. The topological polar surface area (TPSA) is 111 Å². The molecule has 34 heavy (non-hydrogen) atoms. The van der Waals surface area contributed by atoms with Gasteiger partial charge in [0, 0.05) is 19.6 Å². The number of benzene rings is 2. The van der Waals surface area contributed by atoms with Gasteiger partial charge in [0.15, 0.2) is 5.75 Å². The van der Waals surface area contributed by atoms with Crippen LogP contribution in [-0.2, 0) is 11.0 Å². The van der Waals surface area contributed by atoms with Crippen LogP contribution < -0.4 is 16.0 Å². The molecule has 4 amide bonds. The highest BCUT2D eigenvalue weighted by Gasteiger charge is 2.45. The van der Waals surface area contributed by atoms with E-state index in [4.69, 9.17) is 0 Å². The first kappa shape index (κ1) is 23.4. The van der Waals surface area contributed by atoms with Gasteiger partial charge >= 0.3 is 12.2 Å². The van der Waals surface area contributed by atoms with Crippen molar-refractivity contribution < 1.29 is 32.7 Å². The molecule has 2 aliphatic heterocycles. The van der Waals surface area contributed by atoms with Gasteiger partial charge in [-0.05, 0) is 43.5 Å². The summed E-state index contributed by atoms with van der Waals surface area (Å²) >= 11 is 0. The Morgan fingerprint density at radius 2 is 1.62 bits per heavy atom. The van der Waals surface area contributed by atoms with Crippen LogP contribution in [0.15, 0.2) is 42.5 Å². The Labute approximate surface area is 193 Å². The third-order valence-corrected chi connectivity index (χ3v) is 6.37. The maximum Gasteiger partial charge on any atom is 0.418 e. The number of nitrogens with zero attached hydrogens (tertiary/aromatic N) is 1. The van der Waals surface area contributed by atoms with Crippen LogP contribution in [0.1, 0.15) is 35.2 Å². The largest absolute Gasteiger partial charge is 0.505 e. The van der Waals surface area contributed by atoms with E-state index in [9.17, 15) is 32.7 Å². The van der Waals surface area contributed by atoms with E-state index < -0.39 is 40.5 Å². The monoisotopic (exact) mass is 476 g/mol. The van der Waals surface area contributed by atoms with Crippen molar-refractivity contribution in [2.24, 2.45) is 5.41 Å². The number of amides is 4. The lowest BCUT2D eigenvalue weighted by Gasteiger charge is -2.37. The van der Waals surface area contributed by atoms with Gasteiger partial charge in [0.05, 0.1) is 27.9 Å². The summed E-state index contributed by atoms with van der Waals surface area (Å²) < 4.78 is 39.5. The fraction of sp³-hybridized carbons (Fsp3) is 0.348. The summed E-state index contributed by atoms with van der Waals surface area (Å²) in [5.41, 5.74) is -2.10. The molecule has 2 heterocycles. The zero-order chi connectivity index (χ0) is 24.5. The number of rotatable bonds is 3. The van der Waals surface area contributed by atoms with E-state index in [1.165, 1.54) is 35.2 Å². The first-order valence-corrected chi connectivity index (χ1v) is 10.7. The van der Waals surface area contributed by atoms with Crippen LogP contribution in [0.25, 0.3) is 0 Å². The summed E-state index contributed by atoms with van der Waals surface area (Å²) in [6, 6.07) is 7.65. The third-order valence-electron chi connectivity index (χ3n) is 6.37. The molecule has 0 atom stereocenters. The number of aromatic hydroxyl groups is 1. The zero-order valence-electron chi connectivity index (χ0n) is 18.0. The molecular formula is C23H23F3N4O4. The van der Waals surface area contributed by atoms with Crippen LogP contribution in [0.5, 0.6) is 5.75 Å². The number of urea groups is 1. The van der Waals surface area contributed by atoms with E-state index in [1.807, 2.05) is 0 Å². The van der Waals surface area contributed by atoms with Crippen molar-refractivity contribution in [3.8, 4) is 5.75 Å². The maximum absolute atomic E-state index is 13.2. The van der Waals surface area contributed by atoms with Crippen LogP contribution >= 0.6 is 0 Å². The molecule has 2 aromatic carbocycles. The minimum atomic E-state index is -4.66. The van der Waals surface area contributed by atoms with Gasteiger partial charge in [-0.1, -0.05) is 18.2 Å². The summed E-state index contributed by atoms with van der Waals surface area (Å²) in [6.07, 6.45) is -2.90. The first-order valence-electron chi connectivity index (χ1n) is 10.7. The average Bonchev–Trinajstić information content (AvgIpc) is 3.14. The van der Waals surface area contributed by atoms with E-state index in [2.05, 4.69) is 16.0 Å². The van der Waals surface area contributed by atoms with Crippen LogP contribution in [0.2, 0.25) is 0 Å². The van der Waals surface area contributed by atoms with Gasteiger partial charge < -0.3 is 26.0 Å². The number of likely N-dealkylation sites (tertiary alicyclic amines) is 1. The molecule has 0 aromatic heterocycles. The van der Waals surface area contributed by atoms with Crippen LogP contribution in [-0.4, -0.2) is 47.5 Å². The van der Waals surface area contributed by atoms with Crippen molar-refractivity contribution in [2.45, 2.75) is 25.4 Å². The molecule has 0 bridgehead atoms. The van der Waals surface area contributed by atoms with Crippen LogP contribution in [0.3, 0.4) is 0 Å². The zero-order valence-corrected chi connectivity index (χ0v) is 18.0. The van der Waals surface area contributed by atoms with Gasteiger partial charge in [0.1, 0.15) is 0 Å². The van der Waals surface area contributed by atoms with Crippen LogP contribution in [0.4, 0.5) is 29.3 Å². The van der Waals surface area contributed by atoms with Gasteiger partial charge in [-0.2, -0.15) is 13.2 Å². The second-order valence-electron chi connectivity index (χ2n) is 8.40. The molecule has 0 aliphatic carbocycles. The first-order chi connectivity index (χ1) is 16.1. The van der Waals surface area contributed by atoms with Crippen molar-refractivity contribution in [1.82, 2.24) is 10.2 Å². The van der Waals surface area contributed by atoms with E-state index in [0.29, 0.717) is 32.5 Å². The van der Waals surface area contributed by atoms with E-state index in [-0.39, 0.29) is 17.2 Å². The Bertz CT molecular complexity index is 1130. The highest BCUT2D eigenvalue weighted by atomic mass is 19.4. The molecule has 180 valence electrons. The molecule has 2 aromatic rings. The molecule has 1 spiro atoms. The molecule has 11 heteroatoms. The number of anilines is 2. The Hall–Kier alpha value is -3.76. The molecule has 0 unspecified atom stereocenters. The lowest BCUT2D eigenvalue weighted by molar-refractivity contribution is -0.137. The predicted octanol–water partition coefficient (Wildman–Crippen LogP) is 3.80. The molecular weight excluding hydrogens is 453 g/mol. The number of piperidine rings is 1. The predicted molar refractivity (Wildman–Crippen MR) is 117 cm³/mol. The number of nitrogens with one attached hydrogen (secondary N) is 3. The number of hydrogen-bond donors (Lipinski definition) is 4. The number of alkyl halides is 3. The van der Waals surface area contributed by atoms with Crippen molar-refractivity contribution in [1.29, 1.82) is 0 Å². The van der Waals surface area contributed by atoms with E-state index in [0.717, 1.165) is 18.6 Å². The van der Waals surface area contributed by atoms with Gasteiger partial charge in [-0.25, -0.2) is 4.79 Å². The van der Waals surface area contributed by atoms with Crippen molar-refractivity contribution in [3.63, 3.8) is 0 Å². The fourth-order valence-corrected chi connectivity index (χ4v) is 4.43. The smallest absolute Gasteiger partial charge is 0.418 e. The molecule has 2 fully saturated rings. The van der Waals surface area contributed by atoms with Crippen molar-refractivity contribution in [2.75, 3.05) is 30.3 Å². The lowest BCUT2D eigenvalue weighted by Crippen LogP contribution is -2.46. The number of phenols is 1. The average molecular weight is 476 g/mol. The highest BCUT2D eigenvalue weighted by molar-refractivity contribution is 6.04. The number of phenolic OH excluding ortho intramolecular Hbond substituents is 1. The second-order valence-corrected chi connectivity index (χ2v) is 8.40. The normalized spacial score (nSPS) is 17.4. The lowest BCUT2D eigenvalue weighted by atomic mass is 9.77. The molecule has 4 N–H and O–H groups in total. The molecule has 4 rings (SSSR count). The van der Waals surface area contributed by atoms with E-state index in [1.54, 1.807) is 0 Å². The summed E-state index contributed by atoms with van der Waals surface area (Å²) in [4.78, 5) is 39.0. The number of carbonyl (C=O) groups excluding carboxylic acids is 3. The summed E-state index contributed by atoms with van der Waals surface area (Å²) in [6.45, 7) is 1.31. The Morgan fingerprint density at radius 1 is 0.971 bits per heavy atom. The second kappa shape index (κ2) is 8.88. The summed E-state index contributed by atoms with van der Waals surface area (Å²) in [5.74, 6) is -0.949. The minimum Gasteiger partial charge on any atom is -0.505 e. The maximum atomic E-state index is 13.2. The van der Waals surface area contributed by atoms with Crippen LogP contribution in [0, 0.1) is 5.41 Å². The van der Waals surface area contributed by atoms with Crippen molar-refractivity contribution >= 4 is 29.2 Å². The molecule has 2 aliphatic rings.